The van der Waals surface area contributed by atoms with Crippen LogP contribution in [-0.4, -0.2) is 43.9 Å². The van der Waals surface area contributed by atoms with E-state index in [0.717, 1.165) is 57.3 Å². The molecule has 2 aromatic rings. The fraction of sp³-hybridized carbons (Fsp3) is 0.429. The van der Waals surface area contributed by atoms with Crippen molar-refractivity contribution >= 4 is 5.69 Å². The number of anilines is 1. The van der Waals surface area contributed by atoms with E-state index in [1.54, 1.807) is 0 Å². The minimum absolute atomic E-state index is 0.191. The van der Waals surface area contributed by atoms with Crippen LogP contribution < -0.4 is 10.1 Å². The summed E-state index contributed by atoms with van der Waals surface area (Å²) in [6.07, 6.45) is 1.20. The van der Waals surface area contributed by atoms with Gasteiger partial charge in [0.05, 0.1) is 25.0 Å². The molecule has 134 valence electrons. The minimum Gasteiger partial charge on any atom is -0.491 e. The number of hydrogen-bond acceptors (Lipinski definition) is 4. The van der Waals surface area contributed by atoms with E-state index in [4.69, 9.17) is 9.47 Å². The molecule has 0 spiro atoms. The molecule has 1 unspecified atom stereocenters. The Labute approximate surface area is 150 Å². The Morgan fingerprint density at radius 1 is 1.12 bits per heavy atom. The highest BCUT2D eigenvalue weighted by Gasteiger charge is 2.20. The van der Waals surface area contributed by atoms with Crippen LogP contribution in [0, 0.1) is 0 Å². The first-order valence-corrected chi connectivity index (χ1v) is 9.18. The molecule has 1 atom stereocenters. The van der Waals surface area contributed by atoms with Crippen LogP contribution in [0.1, 0.15) is 18.9 Å². The molecule has 0 bridgehead atoms. The first-order valence-electron chi connectivity index (χ1n) is 9.18. The Kier molecular flexibility index (Phi) is 6.71. The molecule has 1 aliphatic heterocycles. The average molecular weight is 340 g/mol. The van der Waals surface area contributed by atoms with Gasteiger partial charge in [0, 0.05) is 26.2 Å². The standard InChI is InChI=1S/C21H28N2O2/c1-2-13-25-21-11-7-6-10-20(21)22-15-19-17-23(12-14-24-19)16-18-8-4-3-5-9-18/h3-11,19,22H,2,12-17H2,1H3. The number of nitrogens with one attached hydrogen (secondary N) is 1. The molecular weight excluding hydrogens is 312 g/mol. The zero-order chi connectivity index (χ0) is 17.3. The highest BCUT2D eigenvalue weighted by Crippen LogP contribution is 2.24. The number of benzene rings is 2. The molecule has 0 saturated carbocycles. The molecular formula is C21H28N2O2. The molecule has 0 radical (unpaired) electrons. The van der Waals surface area contributed by atoms with Gasteiger partial charge in [-0.25, -0.2) is 0 Å². The topological polar surface area (TPSA) is 33.7 Å². The van der Waals surface area contributed by atoms with Crippen LogP contribution in [0.3, 0.4) is 0 Å². The fourth-order valence-corrected chi connectivity index (χ4v) is 3.06. The van der Waals surface area contributed by atoms with Crippen LogP contribution in [0.2, 0.25) is 0 Å². The van der Waals surface area contributed by atoms with Crippen molar-refractivity contribution in [3.63, 3.8) is 0 Å². The van der Waals surface area contributed by atoms with Gasteiger partial charge in [-0.2, -0.15) is 0 Å². The summed E-state index contributed by atoms with van der Waals surface area (Å²) < 4.78 is 11.8. The quantitative estimate of drug-likeness (QED) is 0.793. The summed E-state index contributed by atoms with van der Waals surface area (Å²) in [4.78, 5) is 2.46. The van der Waals surface area contributed by atoms with Crippen LogP contribution in [0.15, 0.2) is 54.6 Å². The van der Waals surface area contributed by atoms with Gasteiger partial charge in [0.15, 0.2) is 0 Å². The number of hydrogen-bond donors (Lipinski definition) is 1. The highest BCUT2D eigenvalue weighted by atomic mass is 16.5. The highest BCUT2D eigenvalue weighted by molar-refractivity contribution is 5.56. The second-order valence-corrected chi connectivity index (χ2v) is 6.44. The molecule has 4 heteroatoms. The van der Waals surface area contributed by atoms with Crippen LogP contribution in [0.5, 0.6) is 5.75 Å². The lowest BCUT2D eigenvalue weighted by molar-refractivity contribution is -0.0240. The second kappa shape index (κ2) is 9.44. The van der Waals surface area contributed by atoms with Gasteiger partial charge in [-0.3, -0.25) is 4.90 Å². The van der Waals surface area contributed by atoms with Gasteiger partial charge in [0.2, 0.25) is 0 Å². The third-order valence-corrected chi connectivity index (χ3v) is 4.34. The summed E-state index contributed by atoms with van der Waals surface area (Å²) in [5.41, 5.74) is 2.40. The third-order valence-electron chi connectivity index (χ3n) is 4.34. The predicted octanol–water partition coefficient (Wildman–Crippen LogP) is 3.79. The lowest BCUT2D eigenvalue weighted by Gasteiger charge is -2.33. The van der Waals surface area contributed by atoms with Gasteiger partial charge >= 0.3 is 0 Å². The van der Waals surface area contributed by atoms with Crippen LogP contribution in [-0.2, 0) is 11.3 Å². The minimum atomic E-state index is 0.191. The largest absolute Gasteiger partial charge is 0.491 e. The monoisotopic (exact) mass is 340 g/mol. The number of morpholine rings is 1. The Bertz CT molecular complexity index is 633. The van der Waals surface area contributed by atoms with Crippen molar-refractivity contribution in [3.8, 4) is 5.75 Å². The maximum absolute atomic E-state index is 5.94. The molecule has 1 aliphatic rings. The molecule has 1 N–H and O–H groups in total. The molecule has 25 heavy (non-hydrogen) atoms. The van der Waals surface area contributed by atoms with E-state index in [0.29, 0.717) is 0 Å². The maximum Gasteiger partial charge on any atom is 0.142 e. The molecule has 2 aromatic carbocycles. The van der Waals surface area contributed by atoms with Gasteiger partial charge in [0.1, 0.15) is 5.75 Å². The lowest BCUT2D eigenvalue weighted by Crippen LogP contribution is -2.44. The van der Waals surface area contributed by atoms with Gasteiger partial charge in [-0.05, 0) is 24.1 Å². The van der Waals surface area contributed by atoms with Gasteiger partial charge < -0.3 is 14.8 Å². The summed E-state index contributed by atoms with van der Waals surface area (Å²) in [6.45, 7) is 7.35. The summed E-state index contributed by atoms with van der Waals surface area (Å²) >= 11 is 0. The van der Waals surface area contributed by atoms with E-state index in [9.17, 15) is 0 Å². The lowest BCUT2D eigenvalue weighted by atomic mass is 10.2. The Hall–Kier alpha value is -2.04. The number of nitrogens with zero attached hydrogens (tertiary/aromatic N) is 1. The molecule has 0 aliphatic carbocycles. The molecule has 1 fully saturated rings. The van der Waals surface area contributed by atoms with Crippen LogP contribution >= 0.6 is 0 Å². The van der Waals surface area contributed by atoms with Crippen molar-refractivity contribution in [2.24, 2.45) is 0 Å². The second-order valence-electron chi connectivity index (χ2n) is 6.44. The van der Waals surface area contributed by atoms with Gasteiger partial charge in [-0.15, -0.1) is 0 Å². The van der Waals surface area contributed by atoms with Crippen LogP contribution in [0.4, 0.5) is 5.69 Å². The van der Waals surface area contributed by atoms with E-state index in [1.165, 1.54) is 5.56 Å². The average Bonchev–Trinajstić information content (AvgIpc) is 2.66. The molecule has 1 saturated heterocycles. The van der Waals surface area contributed by atoms with E-state index >= 15 is 0 Å². The Balaban J connectivity index is 1.51. The molecule has 0 aromatic heterocycles. The van der Waals surface area contributed by atoms with Crippen molar-refractivity contribution in [2.75, 3.05) is 38.2 Å². The van der Waals surface area contributed by atoms with E-state index in [1.807, 2.05) is 18.2 Å². The van der Waals surface area contributed by atoms with Crippen molar-refractivity contribution in [1.29, 1.82) is 0 Å². The van der Waals surface area contributed by atoms with Gasteiger partial charge in [-0.1, -0.05) is 49.4 Å². The number of ether oxygens (including phenoxy) is 2. The Morgan fingerprint density at radius 2 is 1.92 bits per heavy atom. The van der Waals surface area contributed by atoms with Crippen molar-refractivity contribution < 1.29 is 9.47 Å². The first kappa shape index (κ1) is 17.8. The SMILES string of the molecule is CCCOc1ccccc1NCC1CN(Cc2ccccc2)CCO1. The van der Waals surface area contributed by atoms with Crippen molar-refractivity contribution in [3.05, 3.63) is 60.2 Å². The number of rotatable bonds is 8. The number of para-hydroxylation sites is 2. The predicted molar refractivity (Wildman–Crippen MR) is 102 cm³/mol. The zero-order valence-electron chi connectivity index (χ0n) is 15.0. The summed E-state index contributed by atoms with van der Waals surface area (Å²) in [5, 5.41) is 3.50. The zero-order valence-corrected chi connectivity index (χ0v) is 15.0. The molecule has 1 heterocycles. The van der Waals surface area contributed by atoms with Crippen molar-refractivity contribution in [2.45, 2.75) is 26.0 Å². The van der Waals surface area contributed by atoms with E-state index < -0.39 is 0 Å². The third kappa shape index (κ3) is 5.48. The van der Waals surface area contributed by atoms with Crippen molar-refractivity contribution in [1.82, 2.24) is 4.90 Å². The van der Waals surface area contributed by atoms with E-state index in [2.05, 4.69) is 53.5 Å². The summed E-state index contributed by atoms with van der Waals surface area (Å²) in [5.74, 6) is 0.918. The van der Waals surface area contributed by atoms with Gasteiger partial charge in [0.25, 0.3) is 0 Å². The van der Waals surface area contributed by atoms with Crippen LogP contribution in [0.25, 0.3) is 0 Å². The Morgan fingerprint density at radius 3 is 2.76 bits per heavy atom. The first-order chi connectivity index (χ1) is 12.3. The summed E-state index contributed by atoms with van der Waals surface area (Å²) in [7, 11) is 0. The molecule has 3 rings (SSSR count). The normalized spacial score (nSPS) is 18.0. The van der Waals surface area contributed by atoms with E-state index in [-0.39, 0.29) is 6.10 Å². The smallest absolute Gasteiger partial charge is 0.142 e. The summed E-state index contributed by atoms with van der Waals surface area (Å²) in [6, 6.07) is 18.8. The maximum atomic E-state index is 5.94. The molecule has 4 nitrogen and oxygen atoms in total. The fourth-order valence-electron chi connectivity index (χ4n) is 3.06. The molecule has 0 amide bonds.